The van der Waals surface area contributed by atoms with Gasteiger partial charge in [-0.1, -0.05) is 18.2 Å². The second-order valence-corrected chi connectivity index (χ2v) is 7.20. The summed E-state index contributed by atoms with van der Waals surface area (Å²) in [7, 11) is 0. The van der Waals surface area contributed by atoms with Gasteiger partial charge in [-0.15, -0.1) is 0 Å². The third-order valence-electron chi connectivity index (χ3n) is 5.11. The molecule has 26 heavy (non-hydrogen) atoms. The highest BCUT2D eigenvalue weighted by Gasteiger charge is 2.44. The Hall–Kier alpha value is -1.92. The van der Waals surface area contributed by atoms with Crippen molar-refractivity contribution in [1.29, 1.82) is 0 Å². The summed E-state index contributed by atoms with van der Waals surface area (Å²) in [5.41, 5.74) is 2.06. The summed E-state index contributed by atoms with van der Waals surface area (Å²) in [6.45, 7) is 8.79. The lowest BCUT2D eigenvalue weighted by molar-refractivity contribution is -0.159. The van der Waals surface area contributed by atoms with Crippen molar-refractivity contribution in [2.24, 2.45) is 11.8 Å². The van der Waals surface area contributed by atoms with Crippen molar-refractivity contribution in [3.8, 4) is 0 Å². The SMILES string of the molecule is C=C1C(=O)O[C@@H]2/C=C(\CO)CC/C=C(\C)C[C@H](OC(=O)C(C)C(C)O)[C@@H]12. The van der Waals surface area contributed by atoms with E-state index in [1.807, 2.05) is 13.0 Å². The molecule has 6 nitrogen and oxygen atoms in total. The molecule has 0 radical (unpaired) electrons. The number of carbonyl (C=O) groups is 2. The van der Waals surface area contributed by atoms with E-state index in [2.05, 4.69) is 6.58 Å². The first-order valence-corrected chi connectivity index (χ1v) is 8.99. The minimum atomic E-state index is -0.833. The fraction of sp³-hybridized carbons (Fsp3) is 0.600. The van der Waals surface area contributed by atoms with E-state index in [-0.39, 0.29) is 12.2 Å². The number of carbonyl (C=O) groups excluding carboxylic acids is 2. The second kappa shape index (κ2) is 8.64. The maximum absolute atomic E-state index is 12.4. The molecule has 2 aliphatic rings. The molecule has 1 aliphatic carbocycles. The quantitative estimate of drug-likeness (QED) is 0.451. The van der Waals surface area contributed by atoms with Gasteiger partial charge in [0.25, 0.3) is 0 Å². The van der Waals surface area contributed by atoms with Crippen LogP contribution in [0.25, 0.3) is 0 Å². The first-order valence-electron chi connectivity index (χ1n) is 8.99. The van der Waals surface area contributed by atoms with Crippen LogP contribution in [-0.4, -0.2) is 47.1 Å². The highest BCUT2D eigenvalue weighted by molar-refractivity contribution is 5.91. The van der Waals surface area contributed by atoms with Crippen LogP contribution in [0.2, 0.25) is 0 Å². The molecule has 0 aromatic heterocycles. The van der Waals surface area contributed by atoms with E-state index in [1.165, 1.54) is 6.92 Å². The van der Waals surface area contributed by atoms with Crippen LogP contribution in [0.5, 0.6) is 0 Å². The molecule has 1 fully saturated rings. The number of aliphatic hydroxyl groups excluding tert-OH is 2. The van der Waals surface area contributed by atoms with Gasteiger partial charge in [-0.3, -0.25) is 4.79 Å². The molecule has 2 N–H and O–H groups in total. The van der Waals surface area contributed by atoms with Crippen LogP contribution in [-0.2, 0) is 19.1 Å². The average Bonchev–Trinajstić information content (AvgIpc) is 2.86. The molecular formula is C20H28O6. The molecule has 2 rings (SSSR count). The topological polar surface area (TPSA) is 93.1 Å². The van der Waals surface area contributed by atoms with Gasteiger partial charge in [0.1, 0.15) is 12.2 Å². The summed E-state index contributed by atoms with van der Waals surface area (Å²) in [6, 6.07) is 0. The monoisotopic (exact) mass is 364 g/mol. The Labute approximate surface area is 154 Å². The van der Waals surface area contributed by atoms with Gasteiger partial charge in [-0.05, 0) is 45.3 Å². The van der Waals surface area contributed by atoms with Crippen LogP contribution in [0.15, 0.2) is 35.5 Å². The number of esters is 2. The largest absolute Gasteiger partial charge is 0.461 e. The molecule has 0 bridgehead atoms. The molecule has 144 valence electrons. The maximum atomic E-state index is 12.4. The number of allylic oxidation sites excluding steroid dienone is 1. The van der Waals surface area contributed by atoms with E-state index >= 15 is 0 Å². The van der Waals surface area contributed by atoms with Crippen molar-refractivity contribution in [3.63, 3.8) is 0 Å². The first-order chi connectivity index (χ1) is 12.2. The minimum absolute atomic E-state index is 0.121. The lowest BCUT2D eigenvalue weighted by atomic mass is 9.85. The predicted octanol–water partition coefficient (Wildman–Crippen LogP) is 2.06. The molecule has 0 saturated carbocycles. The number of hydrogen-bond donors (Lipinski definition) is 2. The van der Waals surface area contributed by atoms with Gasteiger partial charge in [0.15, 0.2) is 0 Å². The van der Waals surface area contributed by atoms with Crippen molar-refractivity contribution in [3.05, 3.63) is 35.5 Å². The zero-order valence-electron chi connectivity index (χ0n) is 15.6. The van der Waals surface area contributed by atoms with E-state index in [4.69, 9.17) is 9.47 Å². The van der Waals surface area contributed by atoms with Crippen LogP contribution in [0.3, 0.4) is 0 Å². The number of ether oxygens (including phenoxy) is 2. The molecule has 0 aromatic rings. The average molecular weight is 364 g/mol. The van der Waals surface area contributed by atoms with Crippen molar-refractivity contribution in [2.75, 3.05) is 6.61 Å². The number of rotatable bonds is 4. The van der Waals surface area contributed by atoms with E-state index < -0.39 is 42.1 Å². The maximum Gasteiger partial charge on any atom is 0.334 e. The Morgan fingerprint density at radius 2 is 2.15 bits per heavy atom. The summed E-state index contributed by atoms with van der Waals surface area (Å²) in [5.74, 6) is -2.23. The van der Waals surface area contributed by atoms with Gasteiger partial charge in [0, 0.05) is 12.0 Å². The number of aliphatic hydroxyl groups is 2. The third-order valence-corrected chi connectivity index (χ3v) is 5.11. The molecule has 2 unspecified atom stereocenters. The summed E-state index contributed by atoms with van der Waals surface area (Å²) < 4.78 is 11.1. The van der Waals surface area contributed by atoms with Gasteiger partial charge >= 0.3 is 11.9 Å². The molecule has 6 heteroatoms. The van der Waals surface area contributed by atoms with Crippen molar-refractivity contribution in [1.82, 2.24) is 0 Å². The lowest BCUT2D eigenvalue weighted by Gasteiger charge is -2.28. The Morgan fingerprint density at radius 3 is 2.77 bits per heavy atom. The van der Waals surface area contributed by atoms with Crippen molar-refractivity contribution < 1.29 is 29.3 Å². The summed E-state index contributed by atoms with van der Waals surface area (Å²) in [6.07, 6.45) is 3.58. The third kappa shape index (κ3) is 4.62. The van der Waals surface area contributed by atoms with Crippen LogP contribution < -0.4 is 0 Å². The minimum Gasteiger partial charge on any atom is -0.461 e. The predicted molar refractivity (Wildman–Crippen MR) is 96.0 cm³/mol. The lowest BCUT2D eigenvalue weighted by Crippen LogP contribution is -2.36. The summed E-state index contributed by atoms with van der Waals surface area (Å²) in [5, 5.41) is 19.2. The standard InChI is InChI=1S/C20H28O6/c1-11-6-5-7-15(10-21)9-17-18(13(3)20(24)26-17)16(8-11)25-19(23)12(2)14(4)22/h6,9,12,14,16-18,21-22H,3,5,7-8,10H2,1-2,4H3/b11-6+,15-9-/t12?,14?,16-,17+,18+/m0/s1. The summed E-state index contributed by atoms with van der Waals surface area (Å²) in [4.78, 5) is 24.5. The van der Waals surface area contributed by atoms with E-state index in [9.17, 15) is 19.8 Å². The van der Waals surface area contributed by atoms with Crippen LogP contribution in [0.4, 0.5) is 0 Å². The van der Waals surface area contributed by atoms with Gasteiger partial charge in [-0.25, -0.2) is 4.79 Å². The van der Waals surface area contributed by atoms with Gasteiger partial charge in [0.2, 0.25) is 0 Å². The smallest absolute Gasteiger partial charge is 0.334 e. The molecule has 5 atom stereocenters. The fourth-order valence-corrected chi connectivity index (χ4v) is 3.23. The van der Waals surface area contributed by atoms with Crippen LogP contribution in [0.1, 0.15) is 40.0 Å². The highest BCUT2D eigenvalue weighted by Crippen LogP contribution is 2.36. The summed E-state index contributed by atoms with van der Waals surface area (Å²) >= 11 is 0. The molecule has 0 spiro atoms. The van der Waals surface area contributed by atoms with Gasteiger partial charge < -0.3 is 19.7 Å². The van der Waals surface area contributed by atoms with Gasteiger partial charge in [0.05, 0.1) is 24.5 Å². The fourth-order valence-electron chi connectivity index (χ4n) is 3.23. The Balaban J connectivity index is 2.36. The normalized spacial score (nSPS) is 33.0. The molecule has 1 heterocycles. The molecule has 1 aliphatic heterocycles. The van der Waals surface area contributed by atoms with Crippen LogP contribution >= 0.6 is 0 Å². The van der Waals surface area contributed by atoms with Crippen molar-refractivity contribution >= 4 is 11.9 Å². The Kier molecular flexibility index (Phi) is 6.78. The van der Waals surface area contributed by atoms with Crippen molar-refractivity contribution in [2.45, 2.75) is 58.3 Å². The Morgan fingerprint density at radius 1 is 1.46 bits per heavy atom. The number of fused-ring (bicyclic) bond motifs is 1. The zero-order valence-corrected chi connectivity index (χ0v) is 15.6. The van der Waals surface area contributed by atoms with E-state index in [0.717, 1.165) is 17.6 Å². The van der Waals surface area contributed by atoms with E-state index in [0.29, 0.717) is 12.8 Å². The molecule has 0 aromatic carbocycles. The second-order valence-electron chi connectivity index (χ2n) is 7.20. The van der Waals surface area contributed by atoms with Gasteiger partial charge in [-0.2, -0.15) is 0 Å². The molecular weight excluding hydrogens is 336 g/mol. The first kappa shape index (κ1) is 20.4. The Bertz CT molecular complexity index is 630. The highest BCUT2D eigenvalue weighted by atomic mass is 16.6. The van der Waals surface area contributed by atoms with E-state index in [1.54, 1.807) is 13.0 Å². The number of hydrogen-bond acceptors (Lipinski definition) is 6. The molecule has 1 saturated heterocycles. The zero-order chi connectivity index (χ0) is 19.4. The van der Waals surface area contributed by atoms with Crippen LogP contribution in [0, 0.1) is 11.8 Å². The molecule has 0 amide bonds.